The third kappa shape index (κ3) is 4.50. The molecule has 7 heteroatoms. The number of benzene rings is 2. The quantitative estimate of drug-likeness (QED) is 0.717. The minimum atomic E-state index is -4.77. The summed E-state index contributed by atoms with van der Waals surface area (Å²) in [7, 11) is 0. The average molecular weight is 360 g/mol. The third-order valence-corrected chi connectivity index (χ3v) is 3.73. The number of carbonyl (C=O) groups is 1. The summed E-state index contributed by atoms with van der Waals surface area (Å²) in [6, 6.07) is 14.9. The fourth-order valence-corrected chi connectivity index (χ4v) is 2.60. The molecule has 0 aliphatic rings. The first kappa shape index (κ1) is 17.7. The Balaban J connectivity index is 1.68. The van der Waals surface area contributed by atoms with Crippen LogP contribution in [0.4, 0.5) is 18.9 Å². The monoisotopic (exact) mass is 360 g/mol. The fourth-order valence-electron chi connectivity index (χ4n) is 2.60. The molecule has 0 aliphatic carbocycles. The number of pyridine rings is 1. The van der Waals surface area contributed by atoms with Crippen molar-refractivity contribution in [2.75, 3.05) is 5.32 Å². The second kappa shape index (κ2) is 7.43. The zero-order valence-corrected chi connectivity index (χ0v) is 13.6. The van der Waals surface area contributed by atoms with Gasteiger partial charge in [0.15, 0.2) is 0 Å². The van der Waals surface area contributed by atoms with Gasteiger partial charge in [0.05, 0.1) is 11.2 Å². The number of ether oxygens (including phenoxy) is 1. The predicted octanol–water partition coefficient (Wildman–Crippen LogP) is 4.70. The summed E-state index contributed by atoms with van der Waals surface area (Å²) >= 11 is 0. The molecule has 0 aliphatic heterocycles. The molecule has 0 bridgehead atoms. The normalized spacial score (nSPS) is 11.3. The van der Waals surface area contributed by atoms with Gasteiger partial charge in [0.1, 0.15) is 5.75 Å². The van der Waals surface area contributed by atoms with Crippen molar-refractivity contribution in [1.82, 2.24) is 4.98 Å². The number of anilines is 1. The molecule has 0 fully saturated rings. The lowest BCUT2D eigenvalue weighted by Crippen LogP contribution is -2.18. The molecular formula is C19H15F3N2O2. The van der Waals surface area contributed by atoms with Crippen LogP contribution in [0, 0.1) is 0 Å². The van der Waals surface area contributed by atoms with E-state index in [2.05, 4.69) is 15.0 Å². The summed E-state index contributed by atoms with van der Waals surface area (Å²) in [4.78, 5) is 16.5. The molecule has 1 heterocycles. The Bertz CT molecular complexity index is 921. The highest BCUT2D eigenvalue weighted by atomic mass is 19.4. The SMILES string of the molecule is O=C(CCc1ccccc1OC(F)(F)F)Nc1cccc2cccnc12. The number of halogens is 3. The van der Waals surface area contributed by atoms with Crippen molar-refractivity contribution in [2.24, 2.45) is 0 Å². The molecule has 134 valence electrons. The number of hydrogen-bond donors (Lipinski definition) is 1. The zero-order chi connectivity index (χ0) is 18.6. The predicted molar refractivity (Wildman–Crippen MR) is 91.8 cm³/mol. The van der Waals surface area contributed by atoms with Crippen LogP contribution in [-0.4, -0.2) is 17.3 Å². The molecule has 3 rings (SSSR count). The van der Waals surface area contributed by atoms with Gasteiger partial charge in [-0.15, -0.1) is 13.2 Å². The summed E-state index contributed by atoms with van der Waals surface area (Å²) < 4.78 is 41.3. The second-order valence-corrected chi connectivity index (χ2v) is 5.58. The zero-order valence-electron chi connectivity index (χ0n) is 13.6. The van der Waals surface area contributed by atoms with Crippen molar-refractivity contribution in [3.8, 4) is 5.75 Å². The molecular weight excluding hydrogens is 345 g/mol. The number of aryl methyl sites for hydroxylation is 1. The number of aromatic nitrogens is 1. The van der Waals surface area contributed by atoms with Gasteiger partial charge in [0, 0.05) is 18.0 Å². The highest BCUT2D eigenvalue weighted by Crippen LogP contribution is 2.27. The molecule has 1 aromatic heterocycles. The van der Waals surface area contributed by atoms with Gasteiger partial charge in [-0.05, 0) is 30.2 Å². The molecule has 1 amide bonds. The van der Waals surface area contributed by atoms with E-state index in [-0.39, 0.29) is 24.5 Å². The summed E-state index contributed by atoms with van der Waals surface area (Å²) in [5, 5.41) is 3.64. The lowest BCUT2D eigenvalue weighted by Gasteiger charge is -2.13. The smallest absolute Gasteiger partial charge is 0.406 e. The highest BCUT2D eigenvalue weighted by molar-refractivity contribution is 6.00. The maximum Gasteiger partial charge on any atom is 0.573 e. The van der Waals surface area contributed by atoms with Crippen molar-refractivity contribution in [3.63, 3.8) is 0 Å². The first-order valence-corrected chi connectivity index (χ1v) is 7.89. The molecule has 3 aromatic rings. The molecule has 0 spiro atoms. The van der Waals surface area contributed by atoms with Crippen molar-refractivity contribution >= 4 is 22.5 Å². The van der Waals surface area contributed by atoms with Crippen LogP contribution in [0.3, 0.4) is 0 Å². The van der Waals surface area contributed by atoms with E-state index in [0.717, 1.165) is 5.39 Å². The maximum absolute atomic E-state index is 12.4. The number of nitrogens with one attached hydrogen (secondary N) is 1. The lowest BCUT2D eigenvalue weighted by molar-refractivity contribution is -0.274. The highest BCUT2D eigenvalue weighted by Gasteiger charge is 2.31. The number of amides is 1. The van der Waals surface area contributed by atoms with Crippen molar-refractivity contribution in [2.45, 2.75) is 19.2 Å². The number of para-hydroxylation sites is 2. The van der Waals surface area contributed by atoms with Gasteiger partial charge in [0.25, 0.3) is 0 Å². The third-order valence-electron chi connectivity index (χ3n) is 3.73. The maximum atomic E-state index is 12.4. The van der Waals surface area contributed by atoms with Crippen LogP contribution < -0.4 is 10.1 Å². The van der Waals surface area contributed by atoms with E-state index in [9.17, 15) is 18.0 Å². The molecule has 0 atom stereocenters. The number of hydrogen-bond acceptors (Lipinski definition) is 3. The fraction of sp³-hybridized carbons (Fsp3) is 0.158. The minimum Gasteiger partial charge on any atom is -0.406 e. The molecule has 0 saturated carbocycles. The van der Waals surface area contributed by atoms with E-state index < -0.39 is 6.36 Å². The van der Waals surface area contributed by atoms with Crippen LogP contribution in [-0.2, 0) is 11.2 Å². The summed E-state index contributed by atoms with van der Waals surface area (Å²) in [6.07, 6.45) is -3.01. The van der Waals surface area contributed by atoms with E-state index in [0.29, 0.717) is 16.8 Å². The number of fused-ring (bicyclic) bond motifs is 1. The Kier molecular flexibility index (Phi) is 5.06. The largest absolute Gasteiger partial charge is 0.573 e. The Morgan fingerprint density at radius 1 is 1.04 bits per heavy atom. The van der Waals surface area contributed by atoms with Gasteiger partial charge in [-0.3, -0.25) is 9.78 Å². The van der Waals surface area contributed by atoms with Crippen molar-refractivity contribution in [3.05, 3.63) is 66.4 Å². The van der Waals surface area contributed by atoms with Crippen LogP contribution >= 0.6 is 0 Å². The van der Waals surface area contributed by atoms with E-state index >= 15 is 0 Å². The van der Waals surface area contributed by atoms with Crippen molar-refractivity contribution < 1.29 is 22.7 Å². The van der Waals surface area contributed by atoms with Crippen LogP contribution in [0.25, 0.3) is 10.9 Å². The average Bonchev–Trinajstić information content (AvgIpc) is 2.60. The van der Waals surface area contributed by atoms with E-state index in [1.807, 2.05) is 12.1 Å². The van der Waals surface area contributed by atoms with Gasteiger partial charge in [-0.2, -0.15) is 0 Å². The standard InChI is InChI=1S/C19H15F3N2O2/c20-19(21,22)26-16-9-2-1-5-13(16)10-11-17(25)24-15-8-3-6-14-7-4-12-23-18(14)15/h1-9,12H,10-11H2,(H,24,25). The van der Waals surface area contributed by atoms with E-state index in [4.69, 9.17) is 0 Å². The topological polar surface area (TPSA) is 51.2 Å². The Hall–Kier alpha value is -3.09. The Morgan fingerprint density at radius 3 is 2.62 bits per heavy atom. The molecule has 0 unspecified atom stereocenters. The van der Waals surface area contributed by atoms with Gasteiger partial charge < -0.3 is 10.1 Å². The van der Waals surface area contributed by atoms with Crippen LogP contribution in [0.2, 0.25) is 0 Å². The number of nitrogens with zero attached hydrogens (tertiary/aromatic N) is 1. The van der Waals surface area contributed by atoms with E-state index in [1.54, 1.807) is 30.5 Å². The summed E-state index contributed by atoms with van der Waals surface area (Å²) in [5.41, 5.74) is 1.54. The van der Waals surface area contributed by atoms with Crippen LogP contribution in [0.15, 0.2) is 60.8 Å². The first-order valence-electron chi connectivity index (χ1n) is 7.89. The summed E-state index contributed by atoms with van der Waals surface area (Å²) in [6.45, 7) is 0. The minimum absolute atomic E-state index is 0.0153. The molecule has 0 radical (unpaired) electrons. The van der Waals surface area contributed by atoms with Crippen molar-refractivity contribution in [1.29, 1.82) is 0 Å². The van der Waals surface area contributed by atoms with Gasteiger partial charge in [-0.1, -0.05) is 36.4 Å². The van der Waals surface area contributed by atoms with Gasteiger partial charge >= 0.3 is 6.36 Å². The Labute approximate surface area is 147 Å². The Morgan fingerprint density at radius 2 is 1.81 bits per heavy atom. The number of alkyl halides is 3. The van der Waals surface area contributed by atoms with Crippen LogP contribution in [0.5, 0.6) is 5.75 Å². The molecule has 1 N–H and O–H groups in total. The number of rotatable bonds is 5. The van der Waals surface area contributed by atoms with Gasteiger partial charge in [0.2, 0.25) is 5.91 Å². The molecule has 4 nitrogen and oxygen atoms in total. The van der Waals surface area contributed by atoms with E-state index in [1.165, 1.54) is 18.2 Å². The molecule has 0 saturated heterocycles. The lowest BCUT2D eigenvalue weighted by atomic mass is 10.1. The second-order valence-electron chi connectivity index (χ2n) is 5.58. The molecule has 2 aromatic carbocycles. The summed E-state index contributed by atoms with van der Waals surface area (Å²) in [5.74, 6) is -0.607. The number of carbonyl (C=O) groups excluding carboxylic acids is 1. The molecule has 26 heavy (non-hydrogen) atoms. The first-order chi connectivity index (χ1) is 12.4. The van der Waals surface area contributed by atoms with Crippen LogP contribution in [0.1, 0.15) is 12.0 Å². The van der Waals surface area contributed by atoms with Gasteiger partial charge in [-0.25, -0.2) is 0 Å².